The minimum atomic E-state index is 0.571. The standard InChI is InChI=1S/C15H20N2S/c1-12(13-4-6-14(16)7-5-13)8-9-17-11-15-3-2-10-18-15/h2-7,10,12,17H,8-9,11,16H2,1H3. The van der Waals surface area contributed by atoms with Crippen molar-refractivity contribution in [1.29, 1.82) is 0 Å². The molecule has 0 spiro atoms. The van der Waals surface area contributed by atoms with Crippen molar-refractivity contribution < 1.29 is 0 Å². The van der Waals surface area contributed by atoms with Gasteiger partial charge in [0.25, 0.3) is 0 Å². The summed E-state index contributed by atoms with van der Waals surface area (Å²) in [7, 11) is 0. The summed E-state index contributed by atoms with van der Waals surface area (Å²) < 4.78 is 0. The number of hydrogen-bond acceptors (Lipinski definition) is 3. The van der Waals surface area contributed by atoms with E-state index in [1.54, 1.807) is 11.3 Å². The van der Waals surface area contributed by atoms with Crippen LogP contribution in [0.25, 0.3) is 0 Å². The molecule has 3 N–H and O–H groups in total. The average molecular weight is 260 g/mol. The van der Waals surface area contributed by atoms with E-state index in [1.165, 1.54) is 10.4 Å². The Balaban J connectivity index is 1.71. The average Bonchev–Trinajstić information content (AvgIpc) is 2.88. The van der Waals surface area contributed by atoms with Crippen LogP contribution < -0.4 is 11.1 Å². The maximum Gasteiger partial charge on any atom is 0.0314 e. The van der Waals surface area contributed by atoms with Gasteiger partial charge in [0.05, 0.1) is 0 Å². The molecule has 1 aromatic carbocycles. The minimum Gasteiger partial charge on any atom is -0.399 e. The molecule has 0 bridgehead atoms. The summed E-state index contributed by atoms with van der Waals surface area (Å²) >= 11 is 1.80. The molecule has 0 saturated carbocycles. The molecule has 0 radical (unpaired) electrons. The molecule has 2 rings (SSSR count). The van der Waals surface area contributed by atoms with E-state index >= 15 is 0 Å². The summed E-state index contributed by atoms with van der Waals surface area (Å²) in [6.07, 6.45) is 1.15. The normalized spacial score (nSPS) is 12.5. The topological polar surface area (TPSA) is 38.0 Å². The van der Waals surface area contributed by atoms with Crippen LogP contribution in [0.5, 0.6) is 0 Å². The van der Waals surface area contributed by atoms with Crippen molar-refractivity contribution in [2.45, 2.75) is 25.8 Å². The summed E-state index contributed by atoms with van der Waals surface area (Å²) in [6.45, 7) is 4.29. The largest absolute Gasteiger partial charge is 0.399 e. The van der Waals surface area contributed by atoms with E-state index in [0.29, 0.717) is 5.92 Å². The van der Waals surface area contributed by atoms with Crippen LogP contribution in [0.2, 0.25) is 0 Å². The van der Waals surface area contributed by atoms with E-state index in [-0.39, 0.29) is 0 Å². The summed E-state index contributed by atoms with van der Waals surface area (Å²) in [5.74, 6) is 0.571. The van der Waals surface area contributed by atoms with Crippen LogP contribution in [0.15, 0.2) is 41.8 Å². The summed E-state index contributed by atoms with van der Waals surface area (Å²) in [6, 6.07) is 12.5. The molecule has 1 aromatic heterocycles. The van der Waals surface area contributed by atoms with Gasteiger partial charge in [-0.15, -0.1) is 11.3 Å². The van der Waals surface area contributed by atoms with E-state index < -0.39 is 0 Å². The summed E-state index contributed by atoms with van der Waals surface area (Å²) in [5.41, 5.74) is 7.89. The molecule has 0 fully saturated rings. The number of benzene rings is 1. The Bertz CT molecular complexity index is 448. The monoisotopic (exact) mass is 260 g/mol. The molecular formula is C15H20N2S. The quantitative estimate of drug-likeness (QED) is 0.615. The van der Waals surface area contributed by atoms with Gasteiger partial charge in [0.15, 0.2) is 0 Å². The molecular weight excluding hydrogens is 240 g/mol. The van der Waals surface area contributed by atoms with Crippen LogP contribution in [0.4, 0.5) is 5.69 Å². The minimum absolute atomic E-state index is 0.571. The third kappa shape index (κ3) is 3.86. The molecule has 0 aliphatic heterocycles. The lowest BCUT2D eigenvalue weighted by Crippen LogP contribution is -2.15. The summed E-state index contributed by atoms with van der Waals surface area (Å²) in [5, 5.41) is 5.60. The molecule has 1 heterocycles. The maximum atomic E-state index is 5.69. The van der Waals surface area contributed by atoms with Crippen LogP contribution in [0, 0.1) is 0 Å². The smallest absolute Gasteiger partial charge is 0.0314 e. The Morgan fingerprint density at radius 3 is 2.67 bits per heavy atom. The molecule has 1 atom stereocenters. The van der Waals surface area contributed by atoms with Crippen molar-refractivity contribution in [3.05, 3.63) is 52.2 Å². The fourth-order valence-corrected chi connectivity index (χ4v) is 2.61. The molecule has 1 unspecified atom stereocenters. The molecule has 0 aliphatic carbocycles. The lowest BCUT2D eigenvalue weighted by atomic mass is 9.98. The van der Waals surface area contributed by atoms with Crippen LogP contribution in [-0.2, 0) is 6.54 Å². The van der Waals surface area contributed by atoms with Crippen molar-refractivity contribution in [3.8, 4) is 0 Å². The zero-order valence-corrected chi connectivity index (χ0v) is 11.5. The van der Waals surface area contributed by atoms with Gasteiger partial charge >= 0.3 is 0 Å². The Kier molecular flexibility index (Phi) is 4.79. The van der Waals surface area contributed by atoms with Crippen molar-refractivity contribution in [3.63, 3.8) is 0 Å². The van der Waals surface area contributed by atoms with Gasteiger partial charge in [0.1, 0.15) is 0 Å². The molecule has 2 nitrogen and oxygen atoms in total. The predicted molar refractivity (Wildman–Crippen MR) is 79.9 cm³/mol. The Morgan fingerprint density at radius 1 is 1.22 bits per heavy atom. The van der Waals surface area contributed by atoms with Crippen molar-refractivity contribution >= 4 is 17.0 Å². The molecule has 3 heteroatoms. The molecule has 18 heavy (non-hydrogen) atoms. The fourth-order valence-electron chi connectivity index (χ4n) is 1.93. The van der Waals surface area contributed by atoms with Gasteiger partial charge in [0.2, 0.25) is 0 Å². The first-order valence-corrected chi connectivity index (χ1v) is 7.22. The molecule has 0 aliphatic rings. The highest BCUT2D eigenvalue weighted by atomic mass is 32.1. The number of nitrogens with two attached hydrogens (primary N) is 1. The number of thiophene rings is 1. The molecule has 0 saturated heterocycles. The van der Waals surface area contributed by atoms with Gasteiger partial charge in [-0.1, -0.05) is 25.1 Å². The van der Waals surface area contributed by atoms with Gasteiger partial charge in [-0.3, -0.25) is 0 Å². The highest BCUT2D eigenvalue weighted by Crippen LogP contribution is 2.19. The Labute approximate surface area is 113 Å². The third-order valence-electron chi connectivity index (χ3n) is 3.14. The van der Waals surface area contributed by atoms with Gasteiger partial charge in [-0.25, -0.2) is 0 Å². The number of rotatable bonds is 6. The van der Waals surface area contributed by atoms with Crippen LogP contribution in [-0.4, -0.2) is 6.54 Å². The first-order valence-electron chi connectivity index (χ1n) is 6.34. The van der Waals surface area contributed by atoms with Crippen LogP contribution >= 0.6 is 11.3 Å². The molecule has 0 amide bonds. The van der Waals surface area contributed by atoms with E-state index in [4.69, 9.17) is 5.73 Å². The predicted octanol–water partition coefficient (Wildman–Crippen LogP) is 3.61. The summed E-state index contributed by atoms with van der Waals surface area (Å²) in [4.78, 5) is 1.40. The first-order chi connectivity index (χ1) is 8.75. The Morgan fingerprint density at radius 2 is 2.00 bits per heavy atom. The van der Waals surface area contributed by atoms with Crippen molar-refractivity contribution in [2.75, 3.05) is 12.3 Å². The van der Waals surface area contributed by atoms with E-state index in [0.717, 1.165) is 25.2 Å². The van der Waals surface area contributed by atoms with E-state index in [1.807, 2.05) is 12.1 Å². The number of anilines is 1. The van der Waals surface area contributed by atoms with Crippen LogP contribution in [0.3, 0.4) is 0 Å². The van der Waals surface area contributed by atoms with Gasteiger partial charge in [0, 0.05) is 17.1 Å². The zero-order chi connectivity index (χ0) is 12.8. The number of nitrogen functional groups attached to an aromatic ring is 1. The van der Waals surface area contributed by atoms with Crippen molar-refractivity contribution in [1.82, 2.24) is 5.32 Å². The lowest BCUT2D eigenvalue weighted by Gasteiger charge is -2.12. The number of nitrogens with one attached hydrogen (secondary N) is 1. The second-order valence-electron chi connectivity index (χ2n) is 4.61. The fraction of sp³-hybridized carbons (Fsp3) is 0.333. The lowest BCUT2D eigenvalue weighted by molar-refractivity contribution is 0.597. The Hall–Kier alpha value is -1.32. The highest BCUT2D eigenvalue weighted by Gasteiger charge is 2.04. The highest BCUT2D eigenvalue weighted by molar-refractivity contribution is 7.09. The molecule has 96 valence electrons. The number of hydrogen-bond donors (Lipinski definition) is 2. The van der Waals surface area contributed by atoms with Crippen LogP contribution in [0.1, 0.15) is 29.7 Å². The first kappa shape index (κ1) is 13.1. The van der Waals surface area contributed by atoms with E-state index in [9.17, 15) is 0 Å². The molecule has 2 aromatic rings. The third-order valence-corrected chi connectivity index (χ3v) is 4.02. The van der Waals surface area contributed by atoms with Gasteiger partial charge < -0.3 is 11.1 Å². The van der Waals surface area contributed by atoms with Gasteiger partial charge in [-0.2, -0.15) is 0 Å². The van der Waals surface area contributed by atoms with Crippen molar-refractivity contribution in [2.24, 2.45) is 0 Å². The maximum absolute atomic E-state index is 5.69. The SMILES string of the molecule is CC(CCNCc1cccs1)c1ccc(N)cc1. The van der Waals surface area contributed by atoms with Gasteiger partial charge in [-0.05, 0) is 48.0 Å². The van der Waals surface area contributed by atoms with E-state index in [2.05, 4.69) is 41.9 Å². The second kappa shape index (κ2) is 6.57. The zero-order valence-electron chi connectivity index (χ0n) is 10.7. The second-order valence-corrected chi connectivity index (χ2v) is 5.64.